The summed E-state index contributed by atoms with van der Waals surface area (Å²) in [6.45, 7) is 1.25. The van der Waals surface area contributed by atoms with Gasteiger partial charge in [-0.1, -0.05) is 37.5 Å². The first-order chi connectivity index (χ1) is 13.5. The van der Waals surface area contributed by atoms with Crippen molar-refractivity contribution >= 4 is 17.6 Å². The molecule has 0 atom stereocenters. The maximum absolute atomic E-state index is 14.5. The zero-order valence-corrected chi connectivity index (χ0v) is 15.6. The maximum Gasteiger partial charge on any atom is 0.308 e. The van der Waals surface area contributed by atoms with Gasteiger partial charge in [-0.2, -0.15) is 5.26 Å². The van der Waals surface area contributed by atoms with Gasteiger partial charge in [0.1, 0.15) is 17.6 Å². The number of esters is 1. The van der Waals surface area contributed by atoms with Crippen molar-refractivity contribution in [3.63, 3.8) is 0 Å². The van der Waals surface area contributed by atoms with E-state index < -0.39 is 11.4 Å². The first-order valence-corrected chi connectivity index (χ1v) is 9.25. The van der Waals surface area contributed by atoms with Crippen molar-refractivity contribution in [1.29, 1.82) is 5.26 Å². The fourth-order valence-electron chi connectivity index (χ4n) is 3.81. The highest BCUT2D eigenvalue weighted by Crippen LogP contribution is 2.41. The summed E-state index contributed by atoms with van der Waals surface area (Å²) in [6.07, 6.45) is 3.83. The summed E-state index contributed by atoms with van der Waals surface area (Å²) in [4.78, 5) is 24.4. The fraction of sp³-hybridized carbons (Fsp3) is 0.318. The van der Waals surface area contributed by atoms with Gasteiger partial charge in [0.25, 0.3) is 0 Å². The second-order valence-corrected chi connectivity index (χ2v) is 6.99. The van der Waals surface area contributed by atoms with E-state index >= 15 is 0 Å². The minimum atomic E-state index is -0.940. The van der Waals surface area contributed by atoms with E-state index in [1.165, 1.54) is 25.1 Å². The highest BCUT2D eigenvalue weighted by Gasteiger charge is 2.42. The Labute approximate surface area is 163 Å². The van der Waals surface area contributed by atoms with Crippen LogP contribution in [0.1, 0.15) is 50.2 Å². The number of benzene rings is 2. The number of amides is 1. The summed E-state index contributed by atoms with van der Waals surface area (Å²) >= 11 is 0. The predicted molar refractivity (Wildman–Crippen MR) is 102 cm³/mol. The lowest BCUT2D eigenvalue weighted by atomic mass is 9.68. The molecule has 5 nitrogen and oxygen atoms in total. The van der Waals surface area contributed by atoms with Gasteiger partial charge in [-0.15, -0.1) is 0 Å². The van der Waals surface area contributed by atoms with E-state index in [4.69, 9.17) is 4.74 Å². The minimum absolute atomic E-state index is 0.134. The van der Waals surface area contributed by atoms with Crippen LogP contribution in [0.5, 0.6) is 5.75 Å². The lowest BCUT2D eigenvalue weighted by Crippen LogP contribution is -2.42. The molecule has 1 aliphatic rings. The van der Waals surface area contributed by atoms with Crippen LogP contribution in [0.25, 0.3) is 0 Å². The lowest BCUT2D eigenvalue weighted by molar-refractivity contribution is -0.132. The van der Waals surface area contributed by atoms with Gasteiger partial charge in [0, 0.05) is 18.2 Å². The smallest absolute Gasteiger partial charge is 0.308 e. The van der Waals surface area contributed by atoms with Crippen molar-refractivity contribution < 1.29 is 18.7 Å². The van der Waals surface area contributed by atoms with E-state index in [-0.39, 0.29) is 23.0 Å². The Kier molecular flexibility index (Phi) is 5.74. The minimum Gasteiger partial charge on any atom is -0.425 e. The maximum atomic E-state index is 14.5. The second-order valence-electron chi connectivity index (χ2n) is 6.99. The van der Waals surface area contributed by atoms with Gasteiger partial charge in [0.05, 0.1) is 11.0 Å². The predicted octanol–water partition coefficient (Wildman–Crippen LogP) is 4.46. The molecule has 0 radical (unpaired) electrons. The second kappa shape index (κ2) is 8.22. The van der Waals surface area contributed by atoms with Crippen molar-refractivity contribution in [2.75, 3.05) is 5.32 Å². The molecule has 0 unspecified atom stereocenters. The molecule has 6 heteroatoms. The van der Waals surface area contributed by atoms with E-state index in [9.17, 15) is 19.2 Å². The number of hydrogen-bond donors (Lipinski definition) is 1. The van der Waals surface area contributed by atoms with Gasteiger partial charge in [0.2, 0.25) is 5.91 Å². The Morgan fingerprint density at radius 1 is 1.14 bits per heavy atom. The zero-order valence-electron chi connectivity index (χ0n) is 15.6. The van der Waals surface area contributed by atoms with Gasteiger partial charge < -0.3 is 10.1 Å². The molecule has 2 aromatic rings. The lowest BCUT2D eigenvalue weighted by Gasteiger charge is -2.36. The van der Waals surface area contributed by atoms with Crippen LogP contribution >= 0.6 is 0 Å². The molecule has 1 saturated carbocycles. The molecule has 2 aromatic carbocycles. The van der Waals surface area contributed by atoms with Crippen molar-refractivity contribution in [3.8, 4) is 11.8 Å². The molecule has 28 heavy (non-hydrogen) atoms. The summed E-state index contributed by atoms with van der Waals surface area (Å²) < 4.78 is 19.5. The van der Waals surface area contributed by atoms with Crippen LogP contribution in [-0.4, -0.2) is 11.9 Å². The number of carbonyl (C=O) groups excluding carboxylic acids is 2. The molecule has 3 rings (SSSR count). The van der Waals surface area contributed by atoms with Gasteiger partial charge in [0.15, 0.2) is 0 Å². The number of halogens is 1. The SMILES string of the molecule is CC(=O)Oc1ccc(NC(=O)C2(c3ccccc3F)CCCCC2)cc1C#N. The first kappa shape index (κ1) is 19.6. The molecule has 0 saturated heterocycles. The highest BCUT2D eigenvalue weighted by molar-refractivity contribution is 5.99. The number of ether oxygens (including phenoxy) is 1. The Hall–Kier alpha value is -3.20. The normalized spacial score (nSPS) is 15.3. The van der Waals surface area contributed by atoms with Crippen molar-refractivity contribution in [2.45, 2.75) is 44.4 Å². The van der Waals surface area contributed by atoms with E-state index in [0.717, 1.165) is 19.3 Å². The number of nitriles is 1. The third-order valence-corrected chi connectivity index (χ3v) is 5.14. The Morgan fingerprint density at radius 3 is 2.50 bits per heavy atom. The number of nitrogens with one attached hydrogen (secondary N) is 1. The monoisotopic (exact) mass is 380 g/mol. The molecular weight excluding hydrogens is 359 g/mol. The molecule has 0 aromatic heterocycles. The molecule has 1 amide bonds. The zero-order chi connectivity index (χ0) is 20.1. The topological polar surface area (TPSA) is 79.2 Å². The molecule has 0 spiro atoms. The molecular formula is C22H21FN2O3. The number of nitrogens with zero attached hydrogens (tertiary/aromatic N) is 1. The summed E-state index contributed by atoms with van der Waals surface area (Å²) in [7, 11) is 0. The van der Waals surface area contributed by atoms with Gasteiger partial charge >= 0.3 is 5.97 Å². The van der Waals surface area contributed by atoms with E-state index in [1.807, 2.05) is 6.07 Å². The Balaban J connectivity index is 1.92. The van der Waals surface area contributed by atoms with Crippen LogP contribution in [0, 0.1) is 17.1 Å². The van der Waals surface area contributed by atoms with E-state index in [0.29, 0.717) is 24.1 Å². The standard InChI is InChI=1S/C22H21FN2O3/c1-15(26)28-20-10-9-17(13-16(20)14-24)25-21(27)22(11-5-2-6-12-22)18-7-3-4-8-19(18)23/h3-4,7-10,13H,2,5-6,11-12H2,1H3,(H,25,27). The van der Waals surface area contributed by atoms with Crippen molar-refractivity contribution in [3.05, 3.63) is 59.4 Å². The van der Waals surface area contributed by atoms with Gasteiger partial charge in [-0.05, 0) is 37.1 Å². The fourth-order valence-corrected chi connectivity index (χ4v) is 3.81. The van der Waals surface area contributed by atoms with Crippen LogP contribution in [0.15, 0.2) is 42.5 Å². The Bertz CT molecular complexity index is 943. The summed E-state index contributed by atoms with van der Waals surface area (Å²) in [5.41, 5.74) is 0.00451. The van der Waals surface area contributed by atoms with Crippen LogP contribution in [0.2, 0.25) is 0 Å². The average molecular weight is 380 g/mol. The quantitative estimate of drug-likeness (QED) is 0.627. The molecule has 0 aliphatic heterocycles. The molecule has 1 aliphatic carbocycles. The van der Waals surface area contributed by atoms with Crippen LogP contribution in [0.3, 0.4) is 0 Å². The van der Waals surface area contributed by atoms with Crippen LogP contribution in [0.4, 0.5) is 10.1 Å². The van der Waals surface area contributed by atoms with Crippen LogP contribution in [-0.2, 0) is 15.0 Å². The largest absolute Gasteiger partial charge is 0.425 e. The number of anilines is 1. The van der Waals surface area contributed by atoms with Gasteiger partial charge in [-0.3, -0.25) is 9.59 Å². The molecule has 144 valence electrons. The number of carbonyl (C=O) groups is 2. The summed E-state index contributed by atoms with van der Waals surface area (Å²) in [6, 6.07) is 12.8. The Morgan fingerprint density at radius 2 is 1.86 bits per heavy atom. The molecule has 1 fully saturated rings. The van der Waals surface area contributed by atoms with Gasteiger partial charge in [-0.25, -0.2) is 4.39 Å². The molecule has 1 N–H and O–H groups in total. The van der Waals surface area contributed by atoms with Crippen molar-refractivity contribution in [2.24, 2.45) is 0 Å². The third-order valence-electron chi connectivity index (χ3n) is 5.14. The third kappa shape index (κ3) is 3.89. The van der Waals surface area contributed by atoms with Crippen LogP contribution < -0.4 is 10.1 Å². The summed E-state index contributed by atoms with van der Waals surface area (Å²) in [5, 5.41) is 12.1. The first-order valence-electron chi connectivity index (χ1n) is 9.25. The average Bonchev–Trinajstić information content (AvgIpc) is 2.69. The van der Waals surface area contributed by atoms with E-state index in [2.05, 4.69) is 5.32 Å². The summed E-state index contributed by atoms with van der Waals surface area (Å²) in [5.74, 6) is -1.08. The van der Waals surface area contributed by atoms with Crippen molar-refractivity contribution in [1.82, 2.24) is 0 Å². The molecule has 0 bridgehead atoms. The number of hydrogen-bond acceptors (Lipinski definition) is 4. The highest BCUT2D eigenvalue weighted by atomic mass is 19.1. The number of rotatable bonds is 4. The van der Waals surface area contributed by atoms with E-state index in [1.54, 1.807) is 24.3 Å². The molecule has 0 heterocycles.